The summed E-state index contributed by atoms with van der Waals surface area (Å²) in [4.78, 5) is 24.6. The quantitative estimate of drug-likeness (QED) is 0.397. The number of amides is 1. The highest BCUT2D eigenvalue weighted by Crippen LogP contribution is 2.29. The number of aromatic nitrogens is 4. The molecule has 1 fully saturated rings. The van der Waals surface area contributed by atoms with Crippen LogP contribution in [0, 0.1) is 6.92 Å². The molecule has 0 radical (unpaired) electrons. The largest absolute Gasteiger partial charge is 0.497 e. The Morgan fingerprint density at radius 2 is 1.86 bits per heavy atom. The monoisotopic (exact) mass is 469 g/mol. The van der Waals surface area contributed by atoms with Gasteiger partial charge in [0.2, 0.25) is 5.88 Å². The Kier molecular flexibility index (Phi) is 6.43. The molecule has 1 saturated heterocycles. The fourth-order valence-electron chi connectivity index (χ4n) is 4.32. The summed E-state index contributed by atoms with van der Waals surface area (Å²) < 4.78 is 13.0. The second-order valence-corrected chi connectivity index (χ2v) is 8.58. The summed E-state index contributed by atoms with van der Waals surface area (Å²) in [6.45, 7) is 3.71. The standard InChI is InChI=1S/C27H27N5O3/c1-19-16-25(35-23-10-8-22(34-2)9-11-23)30-26(29-19)21-12-15-31(17-21)27(33)24-7-4-3-6-20(24)18-32-14-5-13-28-32/h3-11,13-14,16,21H,12,15,17-18H2,1-2H3/t21-/m1/s1. The second-order valence-electron chi connectivity index (χ2n) is 8.58. The van der Waals surface area contributed by atoms with Crippen molar-refractivity contribution in [3.05, 3.63) is 95.7 Å². The van der Waals surface area contributed by atoms with Crippen LogP contribution in [0.15, 0.2) is 73.1 Å². The smallest absolute Gasteiger partial charge is 0.254 e. The Labute approximate surface area is 204 Å². The first kappa shape index (κ1) is 22.6. The molecule has 1 aliphatic rings. The first-order chi connectivity index (χ1) is 17.1. The highest BCUT2D eigenvalue weighted by atomic mass is 16.5. The SMILES string of the molecule is COc1ccc(Oc2cc(C)nc([C@@H]3CCN(C(=O)c4ccccc4Cn4cccn4)C3)n2)cc1. The van der Waals surface area contributed by atoms with Crippen molar-refractivity contribution in [3.8, 4) is 17.4 Å². The molecule has 178 valence electrons. The minimum atomic E-state index is 0.0256. The van der Waals surface area contributed by atoms with E-state index in [0.717, 1.165) is 23.4 Å². The molecule has 8 nitrogen and oxygen atoms in total. The third-order valence-electron chi connectivity index (χ3n) is 6.11. The van der Waals surface area contributed by atoms with E-state index in [1.807, 2.05) is 83.4 Å². The van der Waals surface area contributed by atoms with Crippen LogP contribution in [0.2, 0.25) is 0 Å². The lowest BCUT2D eigenvalue weighted by molar-refractivity contribution is 0.0789. The third kappa shape index (κ3) is 5.16. The molecule has 0 saturated carbocycles. The normalized spacial score (nSPS) is 15.3. The van der Waals surface area contributed by atoms with Crippen LogP contribution in [0.25, 0.3) is 0 Å². The van der Waals surface area contributed by atoms with Gasteiger partial charge in [-0.2, -0.15) is 10.1 Å². The van der Waals surface area contributed by atoms with Crippen LogP contribution in [-0.2, 0) is 6.54 Å². The van der Waals surface area contributed by atoms with Crippen LogP contribution in [0.4, 0.5) is 0 Å². The Bertz CT molecular complexity index is 1300. The van der Waals surface area contributed by atoms with Gasteiger partial charge in [0.15, 0.2) is 0 Å². The van der Waals surface area contributed by atoms with Gasteiger partial charge in [-0.25, -0.2) is 4.98 Å². The van der Waals surface area contributed by atoms with Crippen LogP contribution in [0.5, 0.6) is 17.4 Å². The molecule has 8 heteroatoms. The second kappa shape index (κ2) is 9.97. The number of ether oxygens (including phenoxy) is 2. The molecule has 2 aromatic heterocycles. The number of hydrogen-bond donors (Lipinski definition) is 0. The Balaban J connectivity index is 1.30. The zero-order chi connectivity index (χ0) is 24.2. The van der Waals surface area contributed by atoms with E-state index in [0.29, 0.717) is 42.7 Å². The topological polar surface area (TPSA) is 82.4 Å². The summed E-state index contributed by atoms with van der Waals surface area (Å²) in [5.41, 5.74) is 2.48. The number of carbonyl (C=O) groups excluding carboxylic acids is 1. The number of aryl methyl sites for hydroxylation is 1. The van der Waals surface area contributed by atoms with Crippen molar-refractivity contribution in [2.75, 3.05) is 20.2 Å². The van der Waals surface area contributed by atoms with E-state index in [-0.39, 0.29) is 11.8 Å². The van der Waals surface area contributed by atoms with E-state index >= 15 is 0 Å². The zero-order valence-corrected chi connectivity index (χ0v) is 19.8. The molecule has 2 aromatic carbocycles. The van der Waals surface area contributed by atoms with Gasteiger partial charge in [-0.1, -0.05) is 18.2 Å². The molecule has 1 amide bonds. The van der Waals surface area contributed by atoms with Crippen LogP contribution >= 0.6 is 0 Å². The Morgan fingerprint density at radius 3 is 2.63 bits per heavy atom. The highest BCUT2D eigenvalue weighted by Gasteiger charge is 2.31. The van der Waals surface area contributed by atoms with E-state index in [2.05, 4.69) is 15.1 Å². The number of carbonyl (C=O) groups is 1. The first-order valence-electron chi connectivity index (χ1n) is 11.6. The molecule has 0 unspecified atom stereocenters. The van der Waals surface area contributed by atoms with Crippen molar-refractivity contribution in [1.29, 1.82) is 0 Å². The lowest BCUT2D eigenvalue weighted by Gasteiger charge is -2.19. The molecular formula is C27H27N5O3. The summed E-state index contributed by atoms with van der Waals surface area (Å²) in [7, 11) is 1.63. The van der Waals surface area contributed by atoms with Gasteiger partial charge in [0.25, 0.3) is 5.91 Å². The minimum absolute atomic E-state index is 0.0256. The van der Waals surface area contributed by atoms with Gasteiger partial charge in [-0.3, -0.25) is 9.48 Å². The summed E-state index contributed by atoms with van der Waals surface area (Å²) >= 11 is 0. The van der Waals surface area contributed by atoms with Crippen molar-refractivity contribution in [3.63, 3.8) is 0 Å². The average molecular weight is 470 g/mol. The van der Waals surface area contributed by atoms with Crippen molar-refractivity contribution < 1.29 is 14.3 Å². The number of methoxy groups -OCH3 is 1. The number of hydrogen-bond acceptors (Lipinski definition) is 6. The van der Waals surface area contributed by atoms with Crippen LogP contribution in [0.3, 0.4) is 0 Å². The molecule has 0 spiro atoms. The molecule has 0 aliphatic carbocycles. The molecule has 5 rings (SSSR count). The summed E-state index contributed by atoms with van der Waals surface area (Å²) in [6.07, 6.45) is 4.44. The number of likely N-dealkylation sites (tertiary alicyclic amines) is 1. The maximum atomic E-state index is 13.4. The Hall–Kier alpha value is -4.20. The summed E-state index contributed by atoms with van der Waals surface area (Å²) in [5, 5.41) is 4.27. The zero-order valence-electron chi connectivity index (χ0n) is 19.8. The van der Waals surface area contributed by atoms with Crippen LogP contribution < -0.4 is 9.47 Å². The summed E-state index contributed by atoms with van der Waals surface area (Å²) in [6, 6.07) is 18.8. The minimum Gasteiger partial charge on any atom is -0.497 e. The molecule has 35 heavy (non-hydrogen) atoms. The number of benzene rings is 2. The molecule has 0 N–H and O–H groups in total. The van der Waals surface area contributed by atoms with Crippen molar-refractivity contribution >= 4 is 5.91 Å². The number of nitrogens with zero attached hydrogens (tertiary/aromatic N) is 5. The maximum absolute atomic E-state index is 13.4. The van der Waals surface area contributed by atoms with E-state index in [4.69, 9.17) is 9.47 Å². The van der Waals surface area contributed by atoms with Gasteiger partial charge in [0, 0.05) is 48.7 Å². The van der Waals surface area contributed by atoms with Crippen molar-refractivity contribution in [1.82, 2.24) is 24.6 Å². The van der Waals surface area contributed by atoms with E-state index in [9.17, 15) is 4.79 Å². The lowest BCUT2D eigenvalue weighted by Crippen LogP contribution is -2.29. The van der Waals surface area contributed by atoms with Crippen molar-refractivity contribution in [2.45, 2.75) is 25.8 Å². The van der Waals surface area contributed by atoms with E-state index in [1.165, 1.54) is 0 Å². The molecule has 3 heterocycles. The fourth-order valence-corrected chi connectivity index (χ4v) is 4.32. The van der Waals surface area contributed by atoms with E-state index < -0.39 is 0 Å². The maximum Gasteiger partial charge on any atom is 0.254 e. The predicted molar refractivity (Wildman–Crippen MR) is 131 cm³/mol. The molecule has 1 aliphatic heterocycles. The van der Waals surface area contributed by atoms with Gasteiger partial charge in [0.1, 0.15) is 17.3 Å². The third-order valence-corrected chi connectivity index (χ3v) is 6.11. The van der Waals surface area contributed by atoms with Gasteiger partial charge in [-0.15, -0.1) is 0 Å². The highest BCUT2D eigenvalue weighted by molar-refractivity contribution is 5.96. The van der Waals surface area contributed by atoms with Gasteiger partial charge in [-0.05, 0) is 55.3 Å². The average Bonchev–Trinajstić information content (AvgIpc) is 3.57. The molecule has 1 atom stereocenters. The lowest BCUT2D eigenvalue weighted by atomic mass is 10.1. The van der Waals surface area contributed by atoms with Crippen LogP contribution in [-0.4, -0.2) is 50.8 Å². The molecule has 4 aromatic rings. The first-order valence-corrected chi connectivity index (χ1v) is 11.6. The fraction of sp³-hybridized carbons (Fsp3) is 0.259. The van der Waals surface area contributed by atoms with Crippen molar-refractivity contribution in [2.24, 2.45) is 0 Å². The Morgan fingerprint density at radius 1 is 1.06 bits per heavy atom. The summed E-state index contributed by atoms with van der Waals surface area (Å²) in [5.74, 6) is 2.71. The van der Waals surface area contributed by atoms with Gasteiger partial charge >= 0.3 is 0 Å². The number of rotatable bonds is 7. The van der Waals surface area contributed by atoms with E-state index in [1.54, 1.807) is 13.3 Å². The van der Waals surface area contributed by atoms with Crippen LogP contribution in [0.1, 0.15) is 39.8 Å². The van der Waals surface area contributed by atoms with Gasteiger partial charge < -0.3 is 14.4 Å². The van der Waals surface area contributed by atoms with Gasteiger partial charge in [0.05, 0.1) is 13.7 Å². The predicted octanol–water partition coefficient (Wildman–Crippen LogP) is 4.46. The molecular weight excluding hydrogens is 442 g/mol. The molecule has 0 bridgehead atoms.